The second kappa shape index (κ2) is 8.85. The molecule has 0 unspecified atom stereocenters. The van der Waals surface area contributed by atoms with Gasteiger partial charge in [0.2, 0.25) is 0 Å². The normalized spacial score (nSPS) is 14.6. The van der Waals surface area contributed by atoms with Crippen molar-refractivity contribution in [1.82, 2.24) is 0 Å². The minimum absolute atomic E-state index is 0.0967. The molecule has 5 nitrogen and oxygen atoms in total. The van der Waals surface area contributed by atoms with Gasteiger partial charge in [-0.15, -0.1) is 0 Å². The number of aryl methyl sites for hydroxylation is 1. The lowest BCUT2D eigenvalue weighted by atomic mass is 9.98. The van der Waals surface area contributed by atoms with Crippen molar-refractivity contribution in [3.05, 3.63) is 68.8 Å². The number of piperidine rings is 1. The first kappa shape index (κ1) is 21.8. The first-order valence-electron chi connectivity index (χ1n) is 9.86. The molecule has 0 N–H and O–H groups in total. The van der Waals surface area contributed by atoms with Gasteiger partial charge in [-0.05, 0) is 55.0 Å². The molecule has 0 aromatic heterocycles. The number of Topliss-reactive ketones (excluding diaryl/α,β-unsaturated/α-hetero) is 1. The fourth-order valence-corrected chi connectivity index (χ4v) is 3.91. The molecule has 1 fully saturated rings. The Bertz CT molecular complexity index is 951. The van der Waals surface area contributed by atoms with E-state index in [0.29, 0.717) is 6.07 Å². The monoisotopic (exact) mass is 420 g/mol. The largest absolute Gasteiger partial charge is 0.423 e. The number of nitro groups is 1. The zero-order valence-electron chi connectivity index (χ0n) is 16.7. The highest BCUT2D eigenvalue weighted by Crippen LogP contribution is 2.36. The summed E-state index contributed by atoms with van der Waals surface area (Å²) in [5, 5.41) is 10.9. The van der Waals surface area contributed by atoms with E-state index in [0.717, 1.165) is 48.8 Å². The summed E-state index contributed by atoms with van der Waals surface area (Å²) in [6.07, 6.45) is -1.42. The Morgan fingerprint density at radius 2 is 1.63 bits per heavy atom. The highest BCUT2D eigenvalue weighted by molar-refractivity contribution is 5.83. The zero-order valence-corrected chi connectivity index (χ0v) is 16.7. The van der Waals surface area contributed by atoms with Crippen molar-refractivity contribution in [3.63, 3.8) is 0 Å². The van der Waals surface area contributed by atoms with E-state index in [9.17, 15) is 28.1 Å². The molecular formula is C22H23F3N2O3. The van der Waals surface area contributed by atoms with E-state index in [1.54, 1.807) is 0 Å². The predicted molar refractivity (Wildman–Crippen MR) is 108 cm³/mol. The maximum absolute atomic E-state index is 13.1. The number of anilines is 1. The minimum atomic E-state index is -4.86. The van der Waals surface area contributed by atoms with Crippen LogP contribution in [-0.2, 0) is 23.8 Å². The zero-order chi connectivity index (χ0) is 21.9. The number of hydrogen-bond acceptors (Lipinski definition) is 4. The fraction of sp³-hybridized carbons (Fsp3) is 0.409. The van der Waals surface area contributed by atoms with Crippen molar-refractivity contribution >= 4 is 17.2 Å². The summed E-state index contributed by atoms with van der Waals surface area (Å²) in [6, 6.07) is 8.53. The summed E-state index contributed by atoms with van der Waals surface area (Å²) in [7, 11) is 0. The Labute approximate surface area is 172 Å². The molecule has 0 bridgehead atoms. The number of nitrogens with zero attached hydrogens (tertiary/aromatic N) is 2. The van der Waals surface area contributed by atoms with E-state index >= 15 is 0 Å². The van der Waals surface area contributed by atoms with Gasteiger partial charge in [0.05, 0.1) is 4.92 Å². The molecule has 1 aliphatic heterocycles. The molecule has 2 aromatic rings. The predicted octanol–water partition coefficient (Wildman–Crippen LogP) is 5.27. The molecule has 0 spiro atoms. The Kier molecular flexibility index (Phi) is 6.43. The first-order chi connectivity index (χ1) is 14.1. The highest BCUT2D eigenvalue weighted by atomic mass is 19.4. The molecule has 3 rings (SSSR count). The summed E-state index contributed by atoms with van der Waals surface area (Å²) in [5.41, 5.74) is 0.783. The number of benzene rings is 2. The van der Waals surface area contributed by atoms with Crippen molar-refractivity contribution in [1.29, 1.82) is 0 Å². The SMILES string of the molecule is Cc1cc(CC(=O)Cc2ccc([N+](=O)[O-])c(C(F)(F)F)c2)ccc1N1CCCCC1. The molecule has 1 heterocycles. The number of ketones is 1. The van der Waals surface area contributed by atoms with Gasteiger partial charge < -0.3 is 4.90 Å². The third-order valence-corrected chi connectivity index (χ3v) is 5.32. The quantitative estimate of drug-likeness (QED) is 0.472. The topological polar surface area (TPSA) is 63.4 Å². The lowest BCUT2D eigenvalue weighted by molar-refractivity contribution is -0.388. The third kappa shape index (κ3) is 5.17. The van der Waals surface area contributed by atoms with Crippen LogP contribution >= 0.6 is 0 Å². The van der Waals surface area contributed by atoms with E-state index in [-0.39, 0.29) is 24.2 Å². The molecule has 2 aromatic carbocycles. The van der Waals surface area contributed by atoms with Crippen LogP contribution in [0.1, 0.15) is 41.5 Å². The molecule has 30 heavy (non-hydrogen) atoms. The molecule has 0 atom stereocenters. The van der Waals surface area contributed by atoms with Crippen LogP contribution in [0.2, 0.25) is 0 Å². The van der Waals surface area contributed by atoms with Crippen molar-refractivity contribution in [2.24, 2.45) is 0 Å². The van der Waals surface area contributed by atoms with Crippen LogP contribution in [-0.4, -0.2) is 23.8 Å². The molecule has 0 amide bonds. The summed E-state index contributed by atoms with van der Waals surface area (Å²) in [6.45, 7) is 4.02. The molecule has 1 aliphatic rings. The lowest BCUT2D eigenvalue weighted by Crippen LogP contribution is -2.29. The molecule has 0 saturated carbocycles. The number of hydrogen-bond donors (Lipinski definition) is 0. The lowest BCUT2D eigenvalue weighted by Gasteiger charge is -2.30. The number of carbonyl (C=O) groups excluding carboxylic acids is 1. The number of rotatable bonds is 6. The van der Waals surface area contributed by atoms with Crippen LogP contribution < -0.4 is 4.90 Å². The maximum Gasteiger partial charge on any atom is 0.423 e. The summed E-state index contributed by atoms with van der Waals surface area (Å²) in [4.78, 5) is 24.6. The Hall–Kier alpha value is -2.90. The van der Waals surface area contributed by atoms with Gasteiger partial charge in [0, 0.05) is 37.7 Å². The van der Waals surface area contributed by atoms with Gasteiger partial charge in [-0.3, -0.25) is 14.9 Å². The van der Waals surface area contributed by atoms with Gasteiger partial charge in [0.1, 0.15) is 11.3 Å². The average molecular weight is 420 g/mol. The molecule has 1 saturated heterocycles. The van der Waals surface area contributed by atoms with Gasteiger partial charge in [-0.2, -0.15) is 13.2 Å². The van der Waals surface area contributed by atoms with Crippen LogP contribution in [0.25, 0.3) is 0 Å². The van der Waals surface area contributed by atoms with Gasteiger partial charge in [0.25, 0.3) is 5.69 Å². The first-order valence-corrected chi connectivity index (χ1v) is 9.86. The van der Waals surface area contributed by atoms with E-state index in [4.69, 9.17) is 0 Å². The average Bonchev–Trinajstić information content (AvgIpc) is 2.68. The van der Waals surface area contributed by atoms with E-state index < -0.39 is 22.4 Å². The highest BCUT2D eigenvalue weighted by Gasteiger charge is 2.38. The molecule has 160 valence electrons. The number of alkyl halides is 3. The van der Waals surface area contributed by atoms with E-state index in [2.05, 4.69) is 4.90 Å². The Morgan fingerprint density at radius 1 is 1.03 bits per heavy atom. The molecule has 0 radical (unpaired) electrons. The summed E-state index contributed by atoms with van der Waals surface area (Å²) >= 11 is 0. The van der Waals surface area contributed by atoms with Crippen LogP contribution in [0.4, 0.5) is 24.5 Å². The number of halogens is 3. The van der Waals surface area contributed by atoms with Crippen LogP contribution in [0, 0.1) is 17.0 Å². The Balaban J connectivity index is 1.71. The summed E-state index contributed by atoms with van der Waals surface area (Å²) < 4.78 is 39.3. The maximum atomic E-state index is 13.1. The molecule has 8 heteroatoms. The molecule has 0 aliphatic carbocycles. The summed E-state index contributed by atoms with van der Waals surface area (Å²) in [5.74, 6) is -0.248. The fourth-order valence-electron chi connectivity index (χ4n) is 3.91. The van der Waals surface area contributed by atoms with Gasteiger partial charge in [0.15, 0.2) is 0 Å². The second-order valence-corrected chi connectivity index (χ2v) is 7.67. The number of carbonyl (C=O) groups is 1. The van der Waals surface area contributed by atoms with Gasteiger partial charge in [-0.25, -0.2) is 0 Å². The van der Waals surface area contributed by atoms with Crippen molar-refractivity contribution in [3.8, 4) is 0 Å². The van der Waals surface area contributed by atoms with E-state index in [1.165, 1.54) is 12.5 Å². The minimum Gasteiger partial charge on any atom is -0.371 e. The standard InChI is InChI=1S/C22H23F3N2O3/c1-15-11-16(5-7-20(15)26-9-3-2-4-10-26)12-18(28)13-17-6-8-21(27(29)30)19(14-17)22(23,24)25/h5-8,11,14H,2-4,9-10,12-13H2,1H3. The van der Waals surface area contributed by atoms with Crippen LogP contribution in [0.3, 0.4) is 0 Å². The number of nitro benzene ring substituents is 1. The van der Waals surface area contributed by atoms with Crippen LogP contribution in [0.15, 0.2) is 36.4 Å². The van der Waals surface area contributed by atoms with Gasteiger partial charge in [-0.1, -0.05) is 18.2 Å². The molecular weight excluding hydrogens is 397 g/mol. The van der Waals surface area contributed by atoms with Crippen LogP contribution in [0.5, 0.6) is 0 Å². The third-order valence-electron chi connectivity index (χ3n) is 5.32. The van der Waals surface area contributed by atoms with Crippen molar-refractivity contribution in [2.45, 2.75) is 45.2 Å². The van der Waals surface area contributed by atoms with Gasteiger partial charge >= 0.3 is 6.18 Å². The van der Waals surface area contributed by atoms with Crippen molar-refractivity contribution < 1.29 is 22.9 Å². The second-order valence-electron chi connectivity index (χ2n) is 7.67. The van der Waals surface area contributed by atoms with E-state index in [1.807, 2.05) is 25.1 Å². The van der Waals surface area contributed by atoms with Crippen molar-refractivity contribution in [2.75, 3.05) is 18.0 Å². The smallest absolute Gasteiger partial charge is 0.371 e. The Morgan fingerprint density at radius 3 is 2.20 bits per heavy atom.